The lowest BCUT2D eigenvalue weighted by Crippen LogP contribution is -2.57. The van der Waals surface area contributed by atoms with Crippen LogP contribution in [0.2, 0.25) is 5.02 Å². The van der Waals surface area contributed by atoms with Crippen LogP contribution in [-0.2, 0) is 13.0 Å². The molecule has 0 spiro atoms. The van der Waals surface area contributed by atoms with Crippen molar-refractivity contribution in [2.24, 2.45) is 0 Å². The summed E-state index contributed by atoms with van der Waals surface area (Å²) in [4.78, 5) is 30.3. The lowest BCUT2D eigenvalue weighted by atomic mass is 10.0. The summed E-state index contributed by atoms with van der Waals surface area (Å²) in [6.07, 6.45) is -5.77. The number of nitrogens with zero attached hydrogens (tertiary/aromatic N) is 2. The molecule has 3 aromatic rings. The zero-order valence-electron chi connectivity index (χ0n) is 20.2. The van der Waals surface area contributed by atoms with Crippen molar-refractivity contribution in [3.05, 3.63) is 86.9 Å². The number of hydrogen-bond acceptors (Lipinski definition) is 6. The molecule has 0 aliphatic heterocycles. The van der Waals surface area contributed by atoms with Crippen molar-refractivity contribution in [1.82, 2.24) is 14.9 Å². The van der Waals surface area contributed by atoms with E-state index >= 15 is 0 Å². The zero-order chi connectivity index (χ0) is 27.9. The quantitative estimate of drug-likeness (QED) is 0.289. The summed E-state index contributed by atoms with van der Waals surface area (Å²) >= 11 is 5.93. The largest absolute Gasteiger partial charge is 0.394 e. The van der Waals surface area contributed by atoms with Gasteiger partial charge in [-0.25, -0.2) is 4.98 Å². The van der Waals surface area contributed by atoms with Crippen LogP contribution in [0.5, 0.6) is 0 Å². The van der Waals surface area contributed by atoms with Gasteiger partial charge in [-0.05, 0) is 36.2 Å². The third kappa shape index (κ3) is 7.64. The minimum atomic E-state index is -4.35. The molecular formula is C26H27ClF3N3O5. The van der Waals surface area contributed by atoms with Crippen molar-refractivity contribution < 1.29 is 33.3 Å². The highest BCUT2D eigenvalue weighted by Gasteiger charge is 2.30. The molecule has 8 nitrogen and oxygen atoms in total. The minimum Gasteiger partial charge on any atom is -0.394 e. The highest BCUT2D eigenvalue weighted by molar-refractivity contribution is 6.30. The number of benzene rings is 2. The number of aliphatic hydroxyl groups is 3. The molecule has 3 rings (SSSR count). The Hall–Kier alpha value is -3.25. The molecule has 0 saturated carbocycles. The molecule has 2 aromatic carbocycles. The van der Waals surface area contributed by atoms with Gasteiger partial charge in [0.2, 0.25) is 0 Å². The number of aromatic nitrogens is 2. The van der Waals surface area contributed by atoms with Gasteiger partial charge in [0, 0.05) is 35.1 Å². The number of rotatable bonds is 11. The monoisotopic (exact) mass is 553 g/mol. The first kappa shape index (κ1) is 29.3. The topological polar surface area (TPSA) is 125 Å². The number of alkyl halides is 3. The van der Waals surface area contributed by atoms with Crippen LogP contribution in [0.1, 0.15) is 34.6 Å². The molecule has 0 aliphatic rings. The van der Waals surface area contributed by atoms with Gasteiger partial charge in [0.05, 0.1) is 32.1 Å². The Balaban J connectivity index is 1.94. The maximum atomic E-state index is 13.1. The van der Waals surface area contributed by atoms with Crippen LogP contribution in [0.3, 0.4) is 0 Å². The Morgan fingerprint density at radius 1 is 1.00 bits per heavy atom. The summed E-state index contributed by atoms with van der Waals surface area (Å²) in [5.74, 6) is -0.528. The summed E-state index contributed by atoms with van der Waals surface area (Å²) in [6, 6.07) is 13.9. The lowest BCUT2D eigenvalue weighted by Gasteiger charge is -2.28. The van der Waals surface area contributed by atoms with Crippen LogP contribution in [0.15, 0.2) is 59.4 Å². The Bertz CT molecular complexity index is 1300. The van der Waals surface area contributed by atoms with Crippen molar-refractivity contribution in [1.29, 1.82) is 0 Å². The molecule has 1 amide bonds. The van der Waals surface area contributed by atoms with Crippen LogP contribution in [0.25, 0.3) is 11.3 Å². The highest BCUT2D eigenvalue weighted by Crippen LogP contribution is 2.24. The number of amides is 1. The van der Waals surface area contributed by atoms with Crippen LogP contribution < -0.4 is 10.9 Å². The fourth-order valence-corrected chi connectivity index (χ4v) is 3.83. The molecule has 0 fully saturated rings. The zero-order valence-corrected chi connectivity index (χ0v) is 21.0. The fraction of sp³-hybridized carbons (Fsp3) is 0.346. The van der Waals surface area contributed by atoms with Crippen molar-refractivity contribution in [2.75, 3.05) is 19.8 Å². The predicted octanol–water partition coefficient (Wildman–Crippen LogP) is 2.94. The SMILES string of the molecule is O=C(NC(CO)(CO)CO)c1cccc(Cn2c(CCCC(F)(F)F)nc(-c3ccc(Cl)cc3)cc2=O)c1. The smallest absolute Gasteiger partial charge is 0.389 e. The number of carbonyl (C=O) groups excluding carboxylic acids is 1. The normalized spacial score (nSPS) is 12.0. The van der Waals surface area contributed by atoms with Gasteiger partial charge in [-0.3, -0.25) is 14.2 Å². The molecule has 12 heteroatoms. The molecule has 0 aliphatic carbocycles. The van der Waals surface area contributed by atoms with Crippen molar-refractivity contribution >= 4 is 17.5 Å². The van der Waals surface area contributed by atoms with Crippen LogP contribution in [-0.4, -0.2) is 62.3 Å². The van der Waals surface area contributed by atoms with Crippen molar-refractivity contribution in [3.63, 3.8) is 0 Å². The second kappa shape index (κ2) is 12.5. The van der Waals surface area contributed by atoms with E-state index in [0.29, 0.717) is 21.8 Å². The number of hydrogen-bond donors (Lipinski definition) is 4. The van der Waals surface area contributed by atoms with Gasteiger partial charge in [0.1, 0.15) is 11.4 Å². The van der Waals surface area contributed by atoms with E-state index in [-0.39, 0.29) is 30.8 Å². The molecule has 0 bridgehead atoms. The standard InChI is InChI=1S/C26H27ClF3N3O5/c27-20-8-6-18(7-9-20)21-12-23(37)33(22(31-21)5-2-10-26(28,29)30)13-17-3-1-4-19(11-17)24(38)32-25(14-34,15-35)16-36/h1,3-4,6-9,11-12,34-36H,2,5,10,13-16H2,(H,32,38). The molecule has 0 saturated heterocycles. The Kier molecular flexibility index (Phi) is 9.66. The number of carbonyl (C=O) groups is 1. The highest BCUT2D eigenvalue weighted by atomic mass is 35.5. The summed E-state index contributed by atoms with van der Waals surface area (Å²) in [5, 5.41) is 31.3. The molecule has 1 aromatic heterocycles. The second-order valence-electron chi connectivity index (χ2n) is 8.87. The first-order chi connectivity index (χ1) is 18.0. The maximum Gasteiger partial charge on any atom is 0.389 e. The van der Waals surface area contributed by atoms with Crippen molar-refractivity contribution in [3.8, 4) is 11.3 Å². The number of nitrogens with one attached hydrogen (secondary N) is 1. The molecule has 0 unspecified atom stereocenters. The summed E-state index contributed by atoms with van der Waals surface area (Å²) in [6.45, 7) is -2.17. The Morgan fingerprint density at radius 2 is 1.66 bits per heavy atom. The van der Waals surface area contributed by atoms with Gasteiger partial charge >= 0.3 is 6.18 Å². The molecule has 1 heterocycles. The summed E-state index contributed by atoms with van der Waals surface area (Å²) in [5.41, 5.74) is -0.625. The van der Waals surface area contributed by atoms with E-state index in [1.165, 1.54) is 22.8 Å². The second-order valence-corrected chi connectivity index (χ2v) is 9.30. The molecular weight excluding hydrogens is 527 g/mol. The summed E-state index contributed by atoms with van der Waals surface area (Å²) < 4.78 is 39.6. The first-order valence-corrected chi connectivity index (χ1v) is 12.0. The minimum absolute atomic E-state index is 0.0691. The predicted molar refractivity (Wildman–Crippen MR) is 135 cm³/mol. The van der Waals surface area contributed by atoms with Crippen LogP contribution in [0.4, 0.5) is 13.2 Å². The van der Waals surface area contributed by atoms with E-state index in [1.807, 2.05) is 0 Å². The number of halogens is 4. The average Bonchev–Trinajstić information content (AvgIpc) is 2.89. The Labute approximate surface area is 221 Å². The van der Waals surface area contributed by atoms with Gasteiger partial charge in [-0.1, -0.05) is 35.9 Å². The molecule has 4 N–H and O–H groups in total. The lowest BCUT2D eigenvalue weighted by molar-refractivity contribution is -0.135. The maximum absolute atomic E-state index is 13.1. The van der Waals surface area contributed by atoms with E-state index in [4.69, 9.17) is 11.6 Å². The third-order valence-electron chi connectivity index (χ3n) is 5.90. The van der Waals surface area contributed by atoms with E-state index < -0.39 is 49.4 Å². The van der Waals surface area contributed by atoms with Crippen LogP contribution >= 0.6 is 11.6 Å². The van der Waals surface area contributed by atoms with Gasteiger partial charge in [-0.2, -0.15) is 13.2 Å². The van der Waals surface area contributed by atoms with Gasteiger partial charge < -0.3 is 20.6 Å². The molecule has 38 heavy (non-hydrogen) atoms. The van der Waals surface area contributed by atoms with Gasteiger partial charge in [0.15, 0.2) is 0 Å². The average molecular weight is 554 g/mol. The van der Waals surface area contributed by atoms with E-state index in [2.05, 4.69) is 10.3 Å². The van der Waals surface area contributed by atoms with E-state index in [9.17, 15) is 38.1 Å². The number of aryl methyl sites for hydroxylation is 1. The third-order valence-corrected chi connectivity index (χ3v) is 6.16. The fourth-order valence-electron chi connectivity index (χ4n) is 3.70. The van der Waals surface area contributed by atoms with Gasteiger partial charge in [-0.15, -0.1) is 0 Å². The van der Waals surface area contributed by atoms with E-state index in [1.54, 1.807) is 36.4 Å². The van der Waals surface area contributed by atoms with Crippen molar-refractivity contribution in [2.45, 2.75) is 37.5 Å². The molecule has 0 radical (unpaired) electrons. The molecule has 0 atom stereocenters. The van der Waals surface area contributed by atoms with Crippen LogP contribution in [0, 0.1) is 0 Å². The number of aliphatic hydroxyl groups excluding tert-OH is 3. The molecule has 204 valence electrons. The first-order valence-electron chi connectivity index (χ1n) is 11.7. The summed E-state index contributed by atoms with van der Waals surface area (Å²) in [7, 11) is 0. The Morgan fingerprint density at radius 3 is 2.26 bits per heavy atom. The van der Waals surface area contributed by atoms with Gasteiger partial charge in [0.25, 0.3) is 11.5 Å². The van der Waals surface area contributed by atoms with E-state index in [0.717, 1.165) is 0 Å².